The second kappa shape index (κ2) is 7.85. The molecule has 0 radical (unpaired) electrons. The normalized spacial score (nSPS) is 37.5. The van der Waals surface area contributed by atoms with Crippen molar-refractivity contribution in [1.29, 1.82) is 0 Å². The molecule has 0 N–H and O–H groups in total. The van der Waals surface area contributed by atoms with E-state index in [4.69, 9.17) is 14.2 Å². The molecule has 3 rings (SSSR count). The van der Waals surface area contributed by atoms with Crippen LogP contribution in [0, 0.1) is 0 Å². The zero-order chi connectivity index (χ0) is 10.7. The van der Waals surface area contributed by atoms with Crippen LogP contribution < -0.4 is 0 Å². The van der Waals surface area contributed by atoms with Gasteiger partial charge in [0.05, 0.1) is 31.5 Å². The van der Waals surface area contributed by atoms with Gasteiger partial charge >= 0.3 is 0 Å². The van der Waals surface area contributed by atoms with Crippen molar-refractivity contribution >= 4 is 0 Å². The predicted molar refractivity (Wildman–Crippen MR) is 71.3 cm³/mol. The second-order valence-corrected chi connectivity index (χ2v) is 4.44. The summed E-state index contributed by atoms with van der Waals surface area (Å²) in [6.07, 6.45) is 8.30. The molecule has 2 saturated heterocycles. The molecular weight excluding hydrogens is 216 g/mol. The third kappa shape index (κ3) is 5.66. The Labute approximate surface area is 106 Å². The molecule has 0 bridgehead atoms. The first-order valence-electron chi connectivity index (χ1n) is 5.79. The summed E-state index contributed by atoms with van der Waals surface area (Å²) in [4.78, 5) is 0. The Bertz CT molecular complexity index is 228. The van der Waals surface area contributed by atoms with E-state index in [0.717, 1.165) is 26.1 Å². The SMILES string of the molecule is C.C.C[C@H]1CC2OC2CO1.C[C@H]1CC=CCO1. The van der Waals surface area contributed by atoms with Crippen LogP contribution in [0.25, 0.3) is 0 Å². The van der Waals surface area contributed by atoms with Crippen molar-refractivity contribution in [3.05, 3.63) is 12.2 Å². The smallest absolute Gasteiger partial charge is 0.108 e. The first-order valence-corrected chi connectivity index (χ1v) is 5.79. The minimum atomic E-state index is 0. The average molecular weight is 244 g/mol. The van der Waals surface area contributed by atoms with Crippen molar-refractivity contribution in [2.45, 2.75) is 66.0 Å². The van der Waals surface area contributed by atoms with Crippen LogP contribution in [0.1, 0.15) is 41.5 Å². The van der Waals surface area contributed by atoms with Gasteiger partial charge in [-0.2, -0.15) is 0 Å². The van der Waals surface area contributed by atoms with Gasteiger partial charge in [-0.25, -0.2) is 0 Å². The van der Waals surface area contributed by atoms with E-state index in [1.165, 1.54) is 0 Å². The molecule has 3 nitrogen and oxygen atoms in total. The maximum Gasteiger partial charge on any atom is 0.108 e. The van der Waals surface area contributed by atoms with Crippen LogP contribution in [0.2, 0.25) is 0 Å². The van der Waals surface area contributed by atoms with Crippen LogP contribution in [0.5, 0.6) is 0 Å². The second-order valence-electron chi connectivity index (χ2n) is 4.44. The lowest BCUT2D eigenvalue weighted by Gasteiger charge is -2.13. The Morgan fingerprint density at radius 3 is 2.12 bits per heavy atom. The Morgan fingerprint density at radius 2 is 1.71 bits per heavy atom. The summed E-state index contributed by atoms with van der Waals surface area (Å²) < 4.78 is 15.7. The van der Waals surface area contributed by atoms with Gasteiger partial charge in [0, 0.05) is 6.42 Å². The molecule has 0 spiro atoms. The fraction of sp³-hybridized carbons (Fsp3) is 0.857. The predicted octanol–water partition coefficient (Wildman–Crippen LogP) is 3.19. The molecule has 0 aromatic rings. The van der Waals surface area contributed by atoms with Crippen molar-refractivity contribution in [1.82, 2.24) is 0 Å². The van der Waals surface area contributed by atoms with Gasteiger partial charge in [-0.1, -0.05) is 27.0 Å². The molecule has 2 fully saturated rings. The summed E-state index contributed by atoms with van der Waals surface area (Å²) in [6, 6.07) is 0. The molecule has 17 heavy (non-hydrogen) atoms. The van der Waals surface area contributed by atoms with Gasteiger partial charge in [0.25, 0.3) is 0 Å². The number of rotatable bonds is 0. The summed E-state index contributed by atoms with van der Waals surface area (Å²) in [5, 5.41) is 0. The maximum atomic E-state index is 5.31. The molecule has 3 aliphatic rings. The third-order valence-corrected chi connectivity index (χ3v) is 2.91. The molecule has 2 unspecified atom stereocenters. The lowest BCUT2D eigenvalue weighted by atomic mass is 10.1. The Hall–Kier alpha value is -0.380. The first-order chi connectivity index (χ1) is 7.25. The minimum absolute atomic E-state index is 0. The topological polar surface area (TPSA) is 31.0 Å². The van der Waals surface area contributed by atoms with Crippen LogP contribution >= 0.6 is 0 Å². The van der Waals surface area contributed by atoms with Crippen LogP contribution in [0.4, 0.5) is 0 Å². The lowest BCUT2D eigenvalue weighted by molar-refractivity contribution is 0.0425. The molecule has 0 saturated carbocycles. The Kier molecular flexibility index (Phi) is 7.68. The summed E-state index contributed by atoms with van der Waals surface area (Å²) >= 11 is 0. The lowest BCUT2D eigenvalue weighted by Crippen LogP contribution is -2.21. The average Bonchev–Trinajstić information content (AvgIpc) is 2.98. The minimum Gasteiger partial charge on any atom is -0.376 e. The standard InChI is InChI=1S/C6H10O2.C6H10O.2CH4/c1-4-2-5-6(8-5)3-7-4;1-6-4-2-3-5-7-6;;/h4-6H,2-3H2,1H3;2-3,6H,4-5H2,1H3;2*1H4/t4-,5?,6?;6-;;/m00../s1. The van der Waals surface area contributed by atoms with Gasteiger partial charge in [-0.3, -0.25) is 0 Å². The third-order valence-electron chi connectivity index (χ3n) is 2.91. The molecule has 0 aromatic carbocycles. The van der Waals surface area contributed by atoms with Gasteiger partial charge in [0.1, 0.15) is 6.10 Å². The number of hydrogen-bond acceptors (Lipinski definition) is 3. The molecule has 3 aliphatic heterocycles. The van der Waals surface area contributed by atoms with Crippen molar-refractivity contribution in [3.63, 3.8) is 0 Å². The molecule has 3 heterocycles. The van der Waals surface area contributed by atoms with Crippen molar-refractivity contribution in [3.8, 4) is 0 Å². The first kappa shape index (κ1) is 16.6. The van der Waals surface area contributed by atoms with Gasteiger partial charge in [-0.15, -0.1) is 0 Å². The maximum absolute atomic E-state index is 5.31. The van der Waals surface area contributed by atoms with E-state index in [1.54, 1.807) is 0 Å². The van der Waals surface area contributed by atoms with Gasteiger partial charge < -0.3 is 14.2 Å². The van der Waals surface area contributed by atoms with E-state index in [9.17, 15) is 0 Å². The molecule has 0 aromatic heterocycles. The molecule has 4 atom stereocenters. The van der Waals surface area contributed by atoms with Gasteiger partial charge in [-0.05, 0) is 20.3 Å². The van der Waals surface area contributed by atoms with Crippen molar-refractivity contribution in [2.75, 3.05) is 13.2 Å². The fourth-order valence-corrected chi connectivity index (χ4v) is 1.83. The molecule has 0 aliphatic carbocycles. The summed E-state index contributed by atoms with van der Waals surface area (Å²) in [6.45, 7) is 5.81. The number of ether oxygens (including phenoxy) is 3. The quantitative estimate of drug-likeness (QED) is 0.484. The highest BCUT2D eigenvalue weighted by Crippen LogP contribution is 2.31. The van der Waals surface area contributed by atoms with Crippen molar-refractivity contribution in [2.24, 2.45) is 0 Å². The fourth-order valence-electron chi connectivity index (χ4n) is 1.83. The monoisotopic (exact) mass is 244 g/mol. The van der Waals surface area contributed by atoms with E-state index in [2.05, 4.69) is 26.0 Å². The Balaban J connectivity index is 0.000000272. The van der Waals surface area contributed by atoms with Crippen LogP contribution in [-0.4, -0.2) is 37.6 Å². The zero-order valence-electron chi connectivity index (χ0n) is 9.52. The van der Waals surface area contributed by atoms with E-state index in [0.29, 0.717) is 24.4 Å². The Morgan fingerprint density at radius 1 is 0.941 bits per heavy atom. The van der Waals surface area contributed by atoms with E-state index < -0.39 is 0 Å². The van der Waals surface area contributed by atoms with E-state index in [-0.39, 0.29) is 14.9 Å². The highest BCUT2D eigenvalue weighted by Gasteiger charge is 2.43. The van der Waals surface area contributed by atoms with Crippen LogP contribution in [-0.2, 0) is 14.2 Å². The largest absolute Gasteiger partial charge is 0.376 e. The number of hydrogen-bond donors (Lipinski definition) is 0. The van der Waals surface area contributed by atoms with Crippen LogP contribution in [0.15, 0.2) is 12.2 Å². The summed E-state index contributed by atoms with van der Waals surface area (Å²) in [5.41, 5.74) is 0. The zero-order valence-corrected chi connectivity index (χ0v) is 9.52. The highest BCUT2D eigenvalue weighted by molar-refractivity contribution is 4.89. The molecule has 0 amide bonds. The molecule has 3 heteroatoms. The number of fused-ring (bicyclic) bond motifs is 1. The van der Waals surface area contributed by atoms with Crippen molar-refractivity contribution < 1.29 is 14.2 Å². The molecular formula is C14H28O3. The highest BCUT2D eigenvalue weighted by atomic mass is 16.6. The summed E-state index contributed by atoms with van der Waals surface area (Å²) in [7, 11) is 0. The summed E-state index contributed by atoms with van der Waals surface area (Å²) in [5.74, 6) is 0. The molecule has 102 valence electrons. The van der Waals surface area contributed by atoms with E-state index >= 15 is 0 Å². The van der Waals surface area contributed by atoms with Gasteiger partial charge in [0.15, 0.2) is 0 Å². The van der Waals surface area contributed by atoms with E-state index in [1.807, 2.05) is 0 Å². The van der Waals surface area contributed by atoms with Gasteiger partial charge in [0.2, 0.25) is 0 Å². The number of epoxide rings is 1. The van der Waals surface area contributed by atoms with Crippen LogP contribution in [0.3, 0.4) is 0 Å².